The number of carbonyl (C=O) groups is 1. The molecular weight excluding hydrogens is 327 g/mol. The van der Waals surface area contributed by atoms with Crippen molar-refractivity contribution in [2.75, 3.05) is 0 Å². The van der Waals surface area contributed by atoms with Gasteiger partial charge in [0.15, 0.2) is 6.04 Å². The second-order valence-corrected chi connectivity index (χ2v) is 5.34. The molecule has 0 radical (unpaired) electrons. The fourth-order valence-electron chi connectivity index (χ4n) is 2.35. The lowest BCUT2D eigenvalue weighted by atomic mass is 10.0. The molecule has 0 aliphatic rings. The van der Waals surface area contributed by atoms with E-state index in [1.807, 2.05) is 5.32 Å². The highest BCUT2D eigenvalue weighted by Gasteiger charge is 2.44. The van der Waals surface area contributed by atoms with Crippen LogP contribution in [-0.2, 0) is 14.1 Å². The summed E-state index contributed by atoms with van der Waals surface area (Å²) in [5.41, 5.74) is -0.402. The largest absolute Gasteiger partial charge is 0.413 e. The number of aromatic nitrogens is 4. The third-order valence-corrected chi connectivity index (χ3v) is 3.65. The fraction of sp³-hybridized carbons (Fsp3) is 0.429. The maximum atomic E-state index is 13.5. The summed E-state index contributed by atoms with van der Waals surface area (Å²) in [6.45, 7) is 2.93. The van der Waals surface area contributed by atoms with Gasteiger partial charge in [-0.25, -0.2) is 4.68 Å². The molecule has 0 fully saturated rings. The summed E-state index contributed by atoms with van der Waals surface area (Å²) in [7, 11) is 2.82. The van der Waals surface area contributed by atoms with E-state index in [4.69, 9.17) is 0 Å². The second-order valence-electron chi connectivity index (χ2n) is 5.34. The predicted octanol–water partition coefficient (Wildman–Crippen LogP) is 1.16. The Hall–Kier alpha value is -2.65. The molecule has 0 saturated carbocycles. The number of nitrogens with zero attached hydrogens (tertiary/aromatic N) is 4. The van der Waals surface area contributed by atoms with Gasteiger partial charge < -0.3 is 5.32 Å². The normalized spacial score (nSPS) is 13.0. The zero-order valence-corrected chi connectivity index (χ0v) is 13.5. The SMILES string of the molecule is Cc1nn(C)c(C)c1C(NC(=O)c1ccc(=O)n(C)n1)C(F)(F)F. The summed E-state index contributed by atoms with van der Waals surface area (Å²) in [6, 6.07) is -0.0863. The molecule has 24 heavy (non-hydrogen) atoms. The van der Waals surface area contributed by atoms with Crippen LogP contribution in [0.4, 0.5) is 13.2 Å². The van der Waals surface area contributed by atoms with E-state index in [1.165, 1.54) is 32.6 Å². The van der Waals surface area contributed by atoms with Crippen molar-refractivity contribution >= 4 is 5.91 Å². The van der Waals surface area contributed by atoms with E-state index in [0.717, 1.165) is 16.8 Å². The van der Waals surface area contributed by atoms with Crippen molar-refractivity contribution < 1.29 is 18.0 Å². The minimum absolute atomic E-state index is 0.108. The van der Waals surface area contributed by atoms with Gasteiger partial charge in [0.2, 0.25) is 0 Å². The highest BCUT2D eigenvalue weighted by atomic mass is 19.4. The number of rotatable bonds is 3. The first-order valence-electron chi connectivity index (χ1n) is 6.94. The standard InChI is InChI=1S/C14H16F3N5O2/c1-7-11(8(2)21(3)19-7)12(14(15,16)17)18-13(24)9-5-6-10(23)22(4)20-9/h5-6,12H,1-4H3,(H,18,24). The van der Waals surface area contributed by atoms with Gasteiger partial charge in [0.05, 0.1) is 5.69 Å². The number of halogens is 3. The van der Waals surface area contributed by atoms with E-state index in [-0.39, 0.29) is 17.0 Å². The molecule has 0 aliphatic carbocycles. The molecule has 1 N–H and O–H groups in total. The van der Waals surface area contributed by atoms with Crippen molar-refractivity contribution in [2.45, 2.75) is 26.1 Å². The summed E-state index contributed by atoms with van der Waals surface area (Å²) in [5.74, 6) is -1.03. The highest BCUT2D eigenvalue weighted by Crippen LogP contribution is 2.35. The Morgan fingerprint density at radius 2 is 1.79 bits per heavy atom. The smallest absolute Gasteiger partial charge is 0.335 e. The number of nitrogens with one attached hydrogen (secondary N) is 1. The molecule has 10 heteroatoms. The second kappa shape index (κ2) is 6.10. The maximum Gasteiger partial charge on any atom is 0.413 e. The molecule has 0 aromatic carbocycles. The van der Waals surface area contributed by atoms with Gasteiger partial charge in [0.25, 0.3) is 11.5 Å². The van der Waals surface area contributed by atoms with Gasteiger partial charge in [-0.15, -0.1) is 0 Å². The first-order valence-corrected chi connectivity index (χ1v) is 6.94. The zero-order chi connectivity index (χ0) is 18.2. The first kappa shape index (κ1) is 17.7. The van der Waals surface area contributed by atoms with Crippen molar-refractivity contribution in [2.24, 2.45) is 14.1 Å². The Morgan fingerprint density at radius 3 is 2.25 bits per heavy atom. The van der Waals surface area contributed by atoms with Crippen LogP contribution < -0.4 is 10.9 Å². The van der Waals surface area contributed by atoms with E-state index in [9.17, 15) is 22.8 Å². The van der Waals surface area contributed by atoms with E-state index >= 15 is 0 Å². The van der Waals surface area contributed by atoms with Gasteiger partial charge in [0.1, 0.15) is 5.69 Å². The van der Waals surface area contributed by atoms with Crippen LogP contribution >= 0.6 is 0 Å². The van der Waals surface area contributed by atoms with Crippen LogP contribution in [0.15, 0.2) is 16.9 Å². The molecule has 2 rings (SSSR count). The van der Waals surface area contributed by atoms with Gasteiger partial charge in [-0.1, -0.05) is 0 Å². The van der Waals surface area contributed by atoms with Crippen molar-refractivity contribution in [3.8, 4) is 0 Å². The van der Waals surface area contributed by atoms with Crippen molar-refractivity contribution in [1.82, 2.24) is 24.9 Å². The average Bonchev–Trinajstić information content (AvgIpc) is 2.71. The van der Waals surface area contributed by atoms with Gasteiger partial charge in [-0.05, 0) is 19.9 Å². The van der Waals surface area contributed by atoms with Gasteiger partial charge in [-0.2, -0.15) is 23.4 Å². The molecule has 0 saturated heterocycles. The van der Waals surface area contributed by atoms with Crippen LogP contribution in [0.1, 0.15) is 33.5 Å². The number of hydrogen-bond acceptors (Lipinski definition) is 4. The molecular formula is C14H16F3N5O2. The Bertz CT molecular complexity index is 838. The molecule has 130 valence electrons. The molecule has 0 aliphatic heterocycles. The number of carbonyl (C=O) groups excluding carboxylic acids is 1. The summed E-state index contributed by atoms with van der Waals surface area (Å²) >= 11 is 0. The highest BCUT2D eigenvalue weighted by molar-refractivity contribution is 5.92. The Balaban J connectivity index is 2.41. The number of aryl methyl sites for hydroxylation is 3. The van der Waals surface area contributed by atoms with E-state index < -0.39 is 23.7 Å². The van der Waals surface area contributed by atoms with E-state index in [0.29, 0.717) is 5.69 Å². The van der Waals surface area contributed by atoms with Crippen molar-refractivity contribution in [1.29, 1.82) is 0 Å². The molecule has 2 aromatic heterocycles. The zero-order valence-electron chi connectivity index (χ0n) is 13.5. The fourth-order valence-corrected chi connectivity index (χ4v) is 2.35. The number of amides is 1. The average molecular weight is 343 g/mol. The molecule has 1 atom stereocenters. The quantitative estimate of drug-likeness (QED) is 0.907. The molecule has 0 bridgehead atoms. The number of alkyl halides is 3. The van der Waals surface area contributed by atoms with Crippen LogP contribution in [-0.4, -0.2) is 31.6 Å². The third-order valence-electron chi connectivity index (χ3n) is 3.65. The van der Waals surface area contributed by atoms with Gasteiger partial charge in [0, 0.05) is 31.4 Å². The van der Waals surface area contributed by atoms with Crippen LogP contribution in [0.5, 0.6) is 0 Å². The minimum Gasteiger partial charge on any atom is -0.335 e. The molecule has 2 aromatic rings. The van der Waals surface area contributed by atoms with Crippen LogP contribution in [0.3, 0.4) is 0 Å². The lowest BCUT2D eigenvalue weighted by molar-refractivity contribution is -0.155. The molecule has 2 heterocycles. The topological polar surface area (TPSA) is 81.8 Å². The Kier molecular flexibility index (Phi) is 4.50. The van der Waals surface area contributed by atoms with Gasteiger partial charge in [-0.3, -0.25) is 14.3 Å². The predicted molar refractivity (Wildman–Crippen MR) is 78.4 cm³/mol. The summed E-state index contributed by atoms with van der Waals surface area (Å²) in [6.07, 6.45) is -4.71. The van der Waals surface area contributed by atoms with Crippen LogP contribution in [0.25, 0.3) is 0 Å². The van der Waals surface area contributed by atoms with E-state index in [2.05, 4.69) is 10.2 Å². The van der Waals surface area contributed by atoms with Crippen molar-refractivity contribution in [3.05, 3.63) is 45.1 Å². The summed E-state index contributed by atoms with van der Waals surface area (Å²) < 4.78 is 42.6. The summed E-state index contributed by atoms with van der Waals surface area (Å²) in [4.78, 5) is 23.4. The summed E-state index contributed by atoms with van der Waals surface area (Å²) in [5, 5.41) is 9.55. The van der Waals surface area contributed by atoms with Crippen LogP contribution in [0, 0.1) is 13.8 Å². The Labute approximate surface area is 135 Å². The maximum absolute atomic E-state index is 13.5. The molecule has 1 unspecified atom stereocenters. The third kappa shape index (κ3) is 3.31. The minimum atomic E-state index is -4.71. The van der Waals surface area contributed by atoms with E-state index in [1.54, 1.807) is 0 Å². The molecule has 1 amide bonds. The monoisotopic (exact) mass is 343 g/mol. The lowest BCUT2D eigenvalue weighted by Gasteiger charge is -2.22. The van der Waals surface area contributed by atoms with Gasteiger partial charge >= 0.3 is 6.18 Å². The molecule has 0 spiro atoms. The first-order chi connectivity index (χ1) is 11.0. The Morgan fingerprint density at radius 1 is 1.17 bits per heavy atom. The lowest BCUT2D eigenvalue weighted by Crippen LogP contribution is -2.39. The number of hydrogen-bond donors (Lipinski definition) is 1. The van der Waals surface area contributed by atoms with Crippen LogP contribution in [0.2, 0.25) is 0 Å². The molecule has 7 nitrogen and oxygen atoms in total. The van der Waals surface area contributed by atoms with Crippen molar-refractivity contribution in [3.63, 3.8) is 0 Å².